The smallest absolute Gasteiger partial charge is 0.251 e. The Morgan fingerprint density at radius 1 is 1.14 bits per heavy atom. The van der Waals surface area contributed by atoms with Crippen LogP contribution < -0.4 is 11.1 Å². The van der Waals surface area contributed by atoms with E-state index < -0.39 is 0 Å². The summed E-state index contributed by atoms with van der Waals surface area (Å²) in [7, 11) is 0. The van der Waals surface area contributed by atoms with E-state index in [9.17, 15) is 9.59 Å². The van der Waals surface area contributed by atoms with Crippen molar-refractivity contribution in [1.82, 2.24) is 10.2 Å². The third-order valence-electron chi connectivity index (χ3n) is 3.73. The lowest BCUT2D eigenvalue weighted by Gasteiger charge is -2.15. The van der Waals surface area contributed by atoms with Gasteiger partial charge in [-0.3, -0.25) is 9.59 Å². The first-order chi connectivity index (χ1) is 10.2. The van der Waals surface area contributed by atoms with E-state index in [1.807, 2.05) is 17.0 Å². The number of hydrogen-bond donors (Lipinski definition) is 2. The van der Waals surface area contributed by atoms with Crippen LogP contribution in [0.15, 0.2) is 24.3 Å². The largest absolute Gasteiger partial charge is 0.352 e. The van der Waals surface area contributed by atoms with Gasteiger partial charge in [-0.05, 0) is 43.5 Å². The van der Waals surface area contributed by atoms with Crippen LogP contribution in [0, 0.1) is 0 Å². The Balaban J connectivity index is 1.74. The highest BCUT2D eigenvalue weighted by Crippen LogP contribution is 2.08. The Bertz CT molecular complexity index is 479. The highest BCUT2D eigenvalue weighted by Gasteiger charge is 2.17. The summed E-state index contributed by atoms with van der Waals surface area (Å²) in [6.45, 7) is 2.70. The second-order valence-corrected chi connectivity index (χ2v) is 5.33. The van der Waals surface area contributed by atoms with Crippen molar-refractivity contribution in [3.05, 3.63) is 35.4 Å². The van der Waals surface area contributed by atoms with E-state index in [-0.39, 0.29) is 11.8 Å². The number of nitrogens with zero attached hydrogens (tertiary/aromatic N) is 1. The van der Waals surface area contributed by atoms with Gasteiger partial charge < -0.3 is 16.0 Å². The van der Waals surface area contributed by atoms with Crippen molar-refractivity contribution in [1.29, 1.82) is 0 Å². The molecule has 5 heteroatoms. The number of carbonyl (C=O) groups excluding carboxylic acids is 2. The maximum Gasteiger partial charge on any atom is 0.251 e. The Kier molecular flexibility index (Phi) is 5.75. The zero-order valence-electron chi connectivity index (χ0n) is 12.3. The van der Waals surface area contributed by atoms with Gasteiger partial charge in [0.2, 0.25) is 5.91 Å². The van der Waals surface area contributed by atoms with Gasteiger partial charge in [0.1, 0.15) is 0 Å². The molecule has 3 N–H and O–H groups in total. The molecule has 5 nitrogen and oxygen atoms in total. The van der Waals surface area contributed by atoms with Crippen molar-refractivity contribution in [3.63, 3.8) is 0 Å². The third kappa shape index (κ3) is 4.56. The molecule has 1 fully saturated rings. The number of nitrogens with two attached hydrogens (primary N) is 1. The molecule has 0 aliphatic carbocycles. The van der Waals surface area contributed by atoms with Gasteiger partial charge >= 0.3 is 0 Å². The molecule has 1 aliphatic heterocycles. The Hall–Kier alpha value is -1.88. The van der Waals surface area contributed by atoms with Gasteiger partial charge in [-0.15, -0.1) is 0 Å². The fourth-order valence-corrected chi connectivity index (χ4v) is 2.50. The summed E-state index contributed by atoms with van der Waals surface area (Å²) in [4.78, 5) is 25.7. The quantitative estimate of drug-likeness (QED) is 0.818. The summed E-state index contributed by atoms with van der Waals surface area (Å²) in [5.74, 6) is -0.00499. The molecule has 2 rings (SSSR count). The molecule has 1 aromatic rings. The number of rotatable bonds is 6. The third-order valence-corrected chi connectivity index (χ3v) is 3.73. The van der Waals surface area contributed by atoms with E-state index in [1.165, 1.54) is 0 Å². The number of amides is 2. The molecule has 0 atom stereocenters. The molecule has 1 heterocycles. The Morgan fingerprint density at radius 2 is 1.81 bits per heavy atom. The molecule has 114 valence electrons. The summed E-state index contributed by atoms with van der Waals surface area (Å²) in [6, 6.07) is 7.42. The molecule has 21 heavy (non-hydrogen) atoms. The lowest BCUT2D eigenvalue weighted by atomic mass is 10.1. The lowest BCUT2D eigenvalue weighted by Crippen LogP contribution is -2.32. The predicted molar refractivity (Wildman–Crippen MR) is 82.0 cm³/mol. The van der Waals surface area contributed by atoms with E-state index >= 15 is 0 Å². The van der Waals surface area contributed by atoms with Crippen molar-refractivity contribution in [2.75, 3.05) is 26.2 Å². The average Bonchev–Trinajstić information content (AvgIpc) is 3.02. The van der Waals surface area contributed by atoms with E-state index in [1.54, 1.807) is 12.1 Å². The van der Waals surface area contributed by atoms with Crippen LogP contribution in [0.25, 0.3) is 0 Å². The van der Waals surface area contributed by atoms with Gasteiger partial charge in [0.25, 0.3) is 5.91 Å². The molecular formula is C16H23N3O2. The number of nitrogens with one attached hydrogen (secondary N) is 1. The zero-order chi connectivity index (χ0) is 15.1. The van der Waals surface area contributed by atoms with Crippen molar-refractivity contribution in [3.8, 4) is 0 Å². The fourth-order valence-electron chi connectivity index (χ4n) is 2.50. The second kappa shape index (κ2) is 7.78. The maximum atomic E-state index is 12.0. The number of benzene rings is 1. The molecule has 1 aliphatic rings. The van der Waals surface area contributed by atoms with Crippen LogP contribution in [0.4, 0.5) is 0 Å². The summed E-state index contributed by atoms with van der Waals surface area (Å²) >= 11 is 0. The van der Waals surface area contributed by atoms with Crippen molar-refractivity contribution in [2.45, 2.75) is 25.7 Å². The van der Waals surface area contributed by atoms with Gasteiger partial charge in [0.15, 0.2) is 0 Å². The Morgan fingerprint density at radius 3 is 2.43 bits per heavy atom. The summed E-state index contributed by atoms with van der Waals surface area (Å²) < 4.78 is 0. The first-order valence-electron chi connectivity index (χ1n) is 7.55. The highest BCUT2D eigenvalue weighted by atomic mass is 16.2. The van der Waals surface area contributed by atoms with Crippen LogP contribution in [0.2, 0.25) is 0 Å². The summed E-state index contributed by atoms with van der Waals surface area (Å²) in [5.41, 5.74) is 7.23. The van der Waals surface area contributed by atoms with E-state index in [2.05, 4.69) is 5.32 Å². The maximum absolute atomic E-state index is 12.0. The molecule has 0 unspecified atom stereocenters. The molecule has 0 aromatic heterocycles. The monoisotopic (exact) mass is 289 g/mol. The minimum Gasteiger partial charge on any atom is -0.352 e. The first-order valence-corrected chi connectivity index (χ1v) is 7.55. The molecule has 1 saturated heterocycles. The van der Waals surface area contributed by atoms with Gasteiger partial charge in [0.05, 0.1) is 0 Å². The van der Waals surface area contributed by atoms with Gasteiger partial charge in [-0.25, -0.2) is 0 Å². The lowest BCUT2D eigenvalue weighted by molar-refractivity contribution is -0.129. The van der Waals surface area contributed by atoms with Crippen LogP contribution in [0.5, 0.6) is 0 Å². The fraction of sp³-hybridized carbons (Fsp3) is 0.500. The van der Waals surface area contributed by atoms with Gasteiger partial charge in [0, 0.05) is 31.6 Å². The van der Waals surface area contributed by atoms with Crippen LogP contribution >= 0.6 is 0 Å². The average molecular weight is 289 g/mol. The molecule has 0 spiro atoms. The molecule has 2 amide bonds. The molecular weight excluding hydrogens is 266 g/mol. The normalized spacial score (nSPS) is 14.2. The van der Waals surface area contributed by atoms with E-state index in [0.29, 0.717) is 25.1 Å². The van der Waals surface area contributed by atoms with Crippen LogP contribution in [0.3, 0.4) is 0 Å². The summed E-state index contributed by atoms with van der Waals surface area (Å²) in [5, 5.41) is 2.79. The number of likely N-dealkylation sites (tertiary alicyclic amines) is 1. The van der Waals surface area contributed by atoms with E-state index in [4.69, 9.17) is 5.73 Å². The Labute approximate surface area is 125 Å². The SMILES string of the molecule is NCCc1ccc(C(=O)NCCC(=O)N2CCCC2)cc1. The summed E-state index contributed by atoms with van der Waals surface area (Å²) in [6.07, 6.45) is 3.36. The van der Waals surface area contributed by atoms with Gasteiger partial charge in [-0.2, -0.15) is 0 Å². The first kappa shape index (κ1) is 15.5. The zero-order valence-corrected chi connectivity index (χ0v) is 12.3. The molecule has 1 aromatic carbocycles. The standard InChI is InChI=1S/C16H23N3O2/c17-9-7-13-3-5-14(6-4-13)16(21)18-10-8-15(20)19-11-1-2-12-19/h3-6H,1-2,7-12,17H2,(H,18,21). The van der Waals surface area contributed by atoms with Crippen LogP contribution in [0.1, 0.15) is 35.2 Å². The molecule has 0 bridgehead atoms. The second-order valence-electron chi connectivity index (χ2n) is 5.33. The number of hydrogen-bond acceptors (Lipinski definition) is 3. The predicted octanol–water partition coefficient (Wildman–Crippen LogP) is 0.930. The highest BCUT2D eigenvalue weighted by molar-refractivity contribution is 5.94. The van der Waals surface area contributed by atoms with Crippen molar-refractivity contribution in [2.24, 2.45) is 5.73 Å². The van der Waals surface area contributed by atoms with Crippen molar-refractivity contribution >= 4 is 11.8 Å². The van der Waals surface area contributed by atoms with E-state index in [0.717, 1.165) is 37.9 Å². The van der Waals surface area contributed by atoms with Gasteiger partial charge in [-0.1, -0.05) is 12.1 Å². The topological polar surface area (TPSA) is 75.4 Å². The molecule has 0 saturated carbocycles. The minimum absolute atomic E-state index is 0.131. The van der Waals surface area contributed by atoms with Crippen LogP contribution in [-0.4, -0.2) is 42.9 Å². The van der Waals surface area contributed by atoms with Crippen molar-refractivity contribution < 1.29 is 9.59 Å². The molecule has 0 radical (unpaired) electrons. The minimum atomic E-state index is -0.136. The van der Waals surface area contributed by atoms with Crippen LogP contribution in [-0.2, 0) is 11.2 Å². The number of carbonyl (C=O) groups is 2.